The van der Waals surface area contributed by atoms with E-state index in [2.05, 4.69) is 11.6 Å². The van der Waals surface area contributed by atoms with Gasteiger partial charge in [-0.15, -0.1) is 0 Å². The van der Waals surface area contributed by atoms with Crippen molar-refractivity contribution in [3.05, 3.63) is 65.2 Å². The third-order valence-corrected chi connectivity index (χ3v) is 8.43. The highest BCUT2D eigenvalue weighted by Gasteiger charge is 2.41. The Morgan fingerprint density at radius 2 is 1.85 bits per heavy atom. The Labute approximate surface area is 202 Å². The quantitative estimate of drug-likeness (QED) is 0.459. The number of sulfonamides is 1. The summed E-state index contributed by atoms with van der Waals surface area (Å²) in [5.74, 6) is -0.532. The van der Waals surface area contributed by atoms with Gasteiger partial charge >= 0.3 is 5.97 Å². The lowest BCUT2D eigenvalue weighted by Gasteiger charge is -2.27. The van der Waals surface area contributed by atoms with E-state index in [-0.39, 0.29) is 4.90 Å². The fourth-order valence-corrected chi connectivity index (χ4v) is 5.98. The Bertz CT molecular complexity index is 1090. The zero-order valence-electron chi connectivity index (χ0n) is 19.9. The number of fused-ring (bicyclic) bond motifs is 1. The number of hydrogen-bond acceptors (Lipinski definition) is 5. The van der Waals surface area contributed by atoms with Crippen LogP contribution in [0.1, 0.15) is 68.2 Å². The summed E-state index contributed by atoms with van der Waals surface area (Å²) < 4.78 is 35.1. The van der Waals surface area contributed by atoms with Gasteiger partial charge in [-0.25, -0.2) is 8.42 Å². The highest BCUT2D eigenvalue weighted by atomic mass is 32.2. The molecule has 1 saturated carbocycles. The highest BCUT2D eigenvalue weighted by Crippen LogP contribution is 2.39. The normalized spacial score (nSPS) is 21.6. The van der Waals surface area contributed by atoms with Crippen LogP contribution in [0.4, 0.5) is 0 Å². The summed E-state index contributed by atoms with van der Waals surface area (Å²) in [4.78, 5) is 13.5. The van der Waals surface area contributed by atoms with Crippen molar-refractivity contribution in [1.29, 1.82) is 0 Å². The van der Waals surface area contributed by atoms with Gasteiger partial charge in [-0.2, -0.15) is 4.72 Å². The molecule has 1 fully saturated rings. The van der Waals surface area contributed by atoms with Gasteiger partial charge < -0.3 is 9.84 Å². The molecule has 6 nitrogen and oxygen atoms in total. The van der Waals surface area contributed by atoms with Crippen LogP contribution in [0.3, 0.4) is 0 Å². The van der Waals surface area contributed by atoms with E-state index in [1.54, 1.807) is 24.3 Å². The Hall–Kier alpha value is -2.22. The Kier molecular flexibility index (Phi) is 7.75. The molecule has 2 N–H and O–H groups in total. The largest absolute Gasteiger partial charge is 0.460 e. The van der Waals surface area contributed by atoms with Gasteiger partial charge in [0.05, 0.1) is 23.0 Å². The van der Waals surface area contributed by atoms with Crippen LogP contribution in [0.15, 0.2) is 53.4 Å². The van der Waals surface area contributed by atoms with Crippen molar-refractivity contribution in [3.8, 4) is 0 Å². The van der Waals surface area contributed by atoms with Gasteiger partial charge in [0.2, 0.25) is 10.0 Å². The summed E-state index contributed by atoms with van der Waals surface area (Å²) in [7, 11) is -3.82. The van der Waals surface area contributed by atoms with E-state index >= 15 is 0 Å². The number of hydrogen-bond donors (Lipinski definition) is 2. The van der Waals surface area contributed by atoms with E-state index in [4.69, 9.17) is 4.74 Å². The van der Waals surface area contributed by atoms with E-state index in [1.165, 1.54) is 0 Å². The summed E-state index contributed by atoms with van der Waals surface area (Å²) in [6, 6.07) is 13.6. The lowest BCUT2D eigenvalue weighted by atomic mass is 9.92. The van der Waals surface area contributed by atoms with E-state index < -0.39 is 40.2 Å². The molecule has 0 amide bonds. The van der Waals surface area contributed by atoms with Crippen LogP contribution in [-0.4, -0.2) is 31.7 Å². The third kappa shape index (κ3) is 5.88. The summed E-state index contributed by atoms with van der Waals surface area (Å²) in [6.07, 6.45) is 4.19. The number of unbranched alkanes of at least 4 members (excludes halogenated alkanes) is 1. The molecular weight excluding hydrogens is 450 g/mol. The van der Waals surface area contributed by atoms with E-state index in [9.17, 15) is 18.3 Å². The van der Waals surface area contributed by atoms with Gasteiger partial charge in [0.1, 0.15) is 6.10 Å². The molecule has 0 bridgehead atoms. The van der Waals surface area contributed by atoms with Crippen molar-refractivity contribution in [1.82, 2.24) is 4.72 Å². The molecule has 2 aliphatic rings. The maximum atomic E-state index is 13.3. The molecule has 4 rings (SSSR count). The molecular formula is C27H35NO5S. The molecule has 0 spiro atoms. The van der Waals surface area contributed by atoms with Crippen molar-refractivity contribution in [2.75, 3.05) is 0 Å². The molecule has 2 aliphatic carbocycles. The number of aliphatic hydroxyl groups excluding tert-OH is 1. The van der Waals surface area contributed by atoms with Gasteiger partial charge in [0.25, 0.3) is 0 Å². The van der Waals surface area contributed by atoms with Crippen molar-refractivity contribution in [2.45, 2.75) is 81.9 Å². The first kappa shape index (κ1) is 24.9. The summed E-state index contributed by atoms with van der Waals surface area (Å²) >= 11 is 0. The predicted molar refractivity (Wildman–Crippen MR) is 131 cm³/mol. The monoisotopic (exact) mass is 485 g/mol. The number of nitrogens with one attached hydrogen (secondary N) is 1. The van der Waals surface area contributed by atoms with Crippen molar-refractivity contribution in [3.63, 3.8) is 0 Å². The molecule has 4 atom stereocenters. The molecule has 34 heavy (non-hydrogen) atoms. The molecule has 4 unspecified atom stereocenters. The number of carbonyl (C=O) groups is 1. The number of esters is 1. The lowest BCUT2D eigenvalue weighted by Crippen LogP contribution is -2.39. The zero-order chi connectivity index (χ0) is 24.3. The van der Waals surface area contributed by atoms with E-state index in [0.29, 0.717) is 25.2 Å². The molecule has 7 heteroatoms. The van der Waals surface area contributed by atoms with Crippen LogP contribution in [0, 0.1) is 18.8 Å². The van der Waals surface area contributed by atoms with Crippen LogP contribution in [0.25, 0.3) is 0 Å². The van der Waals surface area contributed by atoms with Crippen LogP contribution in [0.2, 0.25) is 0 Å². The van der Waals surface area contributed by atoms with Gasteiger partial charge in [-0.05, 0) is 48.9 Å². The molecule has 184 valence electrons. The third-order valence-electron chi connectivity index (χ3n) is 6.97. The topological polar surface area (TPSA) is 92.7 Å². The minimum Gasteiger partial charge on any atom is -0.460 e. The fourth-order valence-electron chi connectivity index (χ4n) is 4.73. The number of aryl methyl sites for hydroxylation is 1. The molecule has 0 aliphatic heterocycles. The Morgan fingerprint density at radius 1 is 1.15 bits per heavy atom. The predicted octanol–water partition coefficient (Wildman–Crippen LogP) is 4.45. The highest BCUT2D eigenvalue weighted by molar-refractivity contribution is 7.89. The van der Waals surface area contributed by atoms with Crippen LogP contribution in [-0.2, 0) is 26.0 Å². The van der Waals surface area contributed by atoms with Crippen LogP contribution in [0.5, 0.6) is 0 Å². The van der Waals surface area contributed by atoms with Crippen LogP contribution >= 0.6 is 0 Å². The molecule has 0 saturated heterocycles. The Morgan fingerprint density at radius 3 is 2.53 bits per heavy atom. The minimum atomic E-state index is -3.82. The lowest BCUT2D eigenvalue weighted by molar-refractivity contribution is -0.159. The van der Waals surface area contributed by atoms with E-state index in [0.717, 1.165) is 42.4 Å². The van der Waals surface area contributed by atoms with Crippen molar-refractivity contribution in [2.24, 2.45) is 11.8 Å². The average molecular weight is 486 g/mol. The van der Waals surface area contributed by atoms with Gasteiger partial charge in [0.15, 0.2) is 0 Å². The zero-order valence-corrected chi connectivity index (χ0v) is 20.8. The molecule has 0 heterocycles. The summed E-state index contributed by atoms with van der Waals surface area (Å²) in [5.41, 5.74) is 2.75. The first-order valence-electron chi connectivity index (χ1n) is 12.3. The second-order valence-electron chi connectivity index (χ2n) is 9.79. The standard InChI is InChI=1S/C27H35NO5S/c1-3-4-9-24(29)23(16-19-12-13-19)27(30)33-25-17-20-7-5-6-8-22(20)26(25)28-34(31,32)21-14-10-18(2)11-15-21/h5-8,10-11,14-15,19,23-26,28-29H,3-4,9,12-13,16-17H2,1-2H3. The first-order valence-corrected chi connectivity index (χ1v) is 13.8. The molecule has 0 aromatic heterocycles. The van der Waals surface area contributed by atoms with Gasteiger partial charge in [0, 0.05) is 6.42 Å². The second kappa shape index (κ2) is 10.6. The van der Waals surface area contributed by atoms with Crippen molar-refractivity contribution < 1.29 is 23.1 Å². The summed E-state index contributed by atoms with van der Waals surface area (Å²) in [5, 5.41) is 10.7. The molecule has 2 aromatic rings. The maximum Gasteiger partial charge on any atom is 0.311 e. The molecule has 2 aromatic carbocycles. The molecule has 0 radical (unpaired) electrons. The minimum absolute atomic E-state index is 0.175. The summed E-state index contributed by atoms with van der Waals surface area (Å²) in [6.45, 7) is 3.96. The number of aliphatic hydroxyl groups is 1. The van der Waals surface area contributed by atoms with Crippen LogP contribution < -0.4 is 4.72 Å². The SMILES string of the molecule is CCCCC(O)C(CC1CC1)C(=O)OC1Cc2ccccc2C1NS(=O)(=O)c1ccc(C)cc1. The smallest absolute Gasteiger partial charge is 0.311 e. The number of rotatable bonds is 11. The fraction of sp³-hybridized carbons (Fsp3) is 0.519. The Balaban J connectivity index is 1.54. The van der Waals surface area contributed by atoms with Crippen molar-refractivity contribution >= 4 is 16.0 Å². The first-order chi connectivity index (χ1) is 16.3. The maximum absolute atomic E-state index is 13.3. The van der Waals surface area contributed by atoms with Gasteiger partial charge in [-0.1, -0.05) is 74.6 Å². The number of carbonyl (C=O) groups excluding carboxylic acids is 1. The van der Waals surface area contributed by atoms with E-state index in [1.807, 2.05) is 31.2 Å². The average Bonchev–Trinajstić information content (AvgIpc) is 3.58. The number of ether oxygens (including phenoxy) is 1. The number of benzene rings is 2. The second-order valence-corrected chi connectivity index (χ2v) is 11.5. The van der Waals surface area contributed by atoms with Gasteiger partial charge in [-0.3, -0.25) is 4.79 Å².